The van der Waals surface area contributed by atoms with Gasteiger partial charge in [0.25, 0.3) is 14.0 Å². The number of nitrogens with zero attached hydrogens (tertiary/aromatic N) is 2. The predicted molar refractivity (Wildman–Crippen MR) is 241 cm³/mol. The lowest BCUT2D eigenvalue weighted by molar-refractivity contribution is -0.384. The molecular weight excluding hydrogens is 783 g/mol. The van der Waals surface area contributed by atoms with Crippen molar-refractivity contribution < 1.29 is 33.7 Å². The van der Waals surface area contributed by atoms with Crippen molar-refractivity contribution >= 4 is 60.6 Å². The Labute approximate surface area is 357 Å². The van der Waals surface area contributed by atoms with Crippen LogP contribution in [0.25, 0.3) is 11.6 Å². The summed E-state index contributed by atoms with van der Waals surface area (Å²) in [6, 6.07) is 43.3. The molecule has 3 aliphatic rings. The first-order valence-electron chi connectivity index (χ1n) is 20.8. The summed E-state index contributed by atoms with van der Waals surface area (Å²) in [4.78, 5) is 41.5. The Kier molecular flexibility index (Phi) is 11.8. The normalized spacial score (nSPS) is 20.8. The molecule has 310 valence electrons. The van der Waals surface area contributed by atoms with Gasteiger partial charge in [-0.25, -0.2) is 4.90 Å². The maximum atomic E-state index is 14.6. The van der Waals surface area contributed by atoms with E-state index in [4.69, 9.17) is 9.08 Å². The van der Waals surface area contributed by atoms with Gasteiger partial charge < -0.3 is 19.2 Å². The second kappa shape index (κ2) is 17.2. The summed E-state index contributed by atoms with van der Waals surface area (Å²) in [6.07, 6.45) is 2.56. The molecule has 2 heterocycles. The molecule has 5 aromatic carbocycles. The van der Waals surface area contributed by atoms with Gasteiger partial charge in [-0.05, 0) is 87.4 Å². The Bertz CT molecular complexity index is 2450. The number of imide groups is 1. The number of benzene rings is 5. The van der Waals surface area contributed by atoms with Gasteiger partial charge in [-0.15, -0.1) is 0 Å². The fourth-order valence-corrected chi connectivity index (χ4v) is 14.4. The predicted octanol–water partition coefficient (Wildman–Crippen LogP) is 8.20. The van der Waals surface area contributed by atoms with E-state index in [1.807, 2.05) is 84.9 Å². The van der Waals surface area contributed by atoms with Crippen LogP contribution in [0.4, 0.5) is 11.4 Å². The lowest BCUT2D eigenvalue weighted by Crippen LogP contribution is -2.66. The summed E-state index contributed by atoms with van der Waals surface area (Å²) in [5.41, 5.74) is 4.24. The van der Waals surface area contributed by atoms with E-state index in [-0.39, 0.29) is 41.5 Å². The second-order valence-corrected chi connectivity index (χ2v) is 21.5. The van der Waals surface area contributed by atoms with Gasteiger partial charge in [0.2, 0.25) is 11.8 Å². The maximum absolute atomic E-state index is 14.6. The van der Waals surface area contributed by atoms with Crippen LogP contribution < -0.4 is 15.3 Å². The topological polar surface area (TPSA) is 139 Å². The molecule has 0 bridgehead atoms. The van der Waals surface area contributed by atoms with Crippen LogP contribution in [-0.2, 0) is 18.7 Å². The van der Waals surface area contributed by atoms with Crippen LogP contribution in [0, 0.1) is 27.9 Å². The average Bonchev–Trinajstić information content (AvgIpc) is 3.51. The number of hydrogen-bond acceptors (Lipinski definition) is 8. The first-order chi connectivity index (χ1) is 29.4. The third-order valence-corrected chi connectivity index (χ3v) is 17.6. The van der Waals surface area contributed by atoms with Crippen molar-refractivity contribution in [1.29, 1.82) is 0 Å². The largest absolute Gasteiger partial charge is 0.507 e. The molecule has 1 aliphatic carbocycles. The number of allylic oxidation sites excluding steroid dienone is 1. The molecular formula is C49H49BN2O8Si. The molecule has 5 aromatic rings. The second-order valence-electron chi connectivity index (χ2n) is 17.2. The first kappa shape index (κ1) is 41.8. The lowest BCUT2D eigenvalue weighted by Gasteiger charge is -2.46. The molecule has 4 atom stereocenters. The molecule has 0 radical (unpaired) electrons. The molecule has 2 N–H and O–H groups in total. The number of nitro groups is 1. The highest BCUT2D eigenvalue weighted by molar-refractivity contribution is 6.99. The highest BCUT2D eigenvalue weighted by Crippen LogP contribution is 2.52. The van der Waals surface area contributed by atoms with E-state index in [1.54, 1.807) is 18.2 Å². The van der Waals surface area contributed by atoms with Crippen molar-refractivity contribution in [3.63, 3.8) is 0 Å². The van der Waals surface area contributed by atoms with E-state index in [1.165, 1.54) is 18.2 Å². The molecule has 12 heteroatoms. The molecule has 0 aromatic heterocycles. The molecule has 0 spiro atoms. The number of phenolic OH excluding ortho intramolecular Hbond substituents is 1. The number of para-hydroxylation sites is 1. The standard InChI is InChI=1S/C49H49BN2O8Si/c1-49(2,3)61(39-21-9-5-10-22-39,40-23-11-6-12-24-40)59-32-36-29-41-46(48(55)51(47(41)54)37-19-15-20-38(30-37)52(57)58)42-31-50(56)60-44(45(36)42)27-26-34(33-16-7-4-8-17-33)28-35-18-13-14-25-43(35)53/h4-25,28,30,41-42,44,46,53,56H,26-27,29,31-32H2,1-3H3/b34-28-/t41-,42+,44-,46-/m1/s1. The van der Waals surface area contributed by atoms with Crippen molar-refractivity contribution in [2.24, 2.45) is 17.8 Å². The van der Waals surface area contributed by atoms with Crippen molar-refractivity contribution in [3.8, 4) is 5.75 Å². The number of hydrogen-bond donors (Lipinski definition) is 2. The molecule has 2 fully saturated rings. The zero-order valence-electron chi connectivity index (χ0n) is 34.5. The van der Waals surface area contributed by atoms with Gasteiger partial charge in [-0.1, -0.05) is 136 Å². The summed E-state index contributed by atoms with van der Waals surface area (Å²) >= 11 is 0. The minimum atomic E-state index is -3.09. The number of anilines is 1. The summed E-state index contributed by atoms with van der Waals surface area (Å²) < 4.78 is 14.0. The Morgan fingerprint density at radius 2 is 1.49 bits per heavy atom. The highest BCUT2D eigenvalue weighted by atomic mass is 28.4. The Morgan fingerprint density at radius 3 is 2.11 bits per heavy atom. The quantitative estimate of drug-likeness (QED) is 0.0321. The number of carbonyl (C=O) groups excluding carboxylic acids is 2. The van der Waals surface area contributed by atoms with Crippen LogP contribution in [0.3, 0.4) is 0 Å². The molecule has 61 heavy (non-hydrogen) atoms. The minimum Gasteiger partial charge on any atom is -0.507 e. The van der Waals surface area contributed by atoms with Crippen LogP contribution in [0.2, 0.25) is 11.4 Å². The number of aromatic hydroxyl groups is 1. The van der Waals surface area contributed by atoms with E-state index in [2.05, 4.69) is 45.0 Å². The molecule has 10 nitrogen and oxygen atoms in total. The molecule has 2 aliphatic heterocycles. The SMILES string of the molecule is CC(C)(C)[Si](OCC1=C2[C@@H](CC/C(=C/c3ccccc3O)c3ccccc3)OB(O)C[C@@H]2[C@@H]2C(=O)N(c3cccc([N+](=O)[O-])c3)C(=O)[C@@H]2C1)(c1ccccc1)c1ccccc1. The maximum Gasteiger partial charge on any atom is 0.455 e. The molecule has 2 saturated heterocycles. The number of fused-ring (bicyclic) bond motifs is 3. The van der Waals surface area contributed by atoms with Gasteiger partial charge in [-0.2, -0.15) is 0 Å². The van der Waals surface area contributed by atoms with E-state index in [0.29, 0.717) is 18.4 Å². The summed E-state index contributed by atoms with van der Waals surface area (Å²) in [5, 5.41) is 35.9. The number of phenols is 1. The number of amides is 2. The zero-order valence-corrected chi connectivity index (χ0v) is 35.5. The van der Waals surface area contributed by atoms with Crippen LogP contribution >= 0.6 is 0 Å². The Hall–Kier alpha value is -5.92. The van der Waals surface area contributed by atoms with E-state index in [0.717, 1.165) is 37.6 Å². The Balaban J connectivity index is 1.23. The first-order valence-corrected chi connectivity index (χ1v) is 22.7. The van der Waals surface area contributed by atoms with Gasteiger partial charge in [0.15, 0.2) is 0 Å². The van der Waals surface area contributed by atoms with E-state index in [9.17, 15) is 29.8 Å². The van der Waals surface area contributed by atoms with Gasteiger partial charge in [0.1, 0.15) is 5.75 Å². The van der Waals surface area contributed by atoms with Crippen LogP contribution in [-0.4, -0.2) is 55.0 Å². The number of carbonyl (C=O) groups is 2. The van der Waals surface area contributed by atoms with Crippen molar-refractivity contribution in [2.45, 2.75) is 57.5 Å². The number of rotatable bonds is 12. The summed E-state index contributed by atoms with van der Waals surface area (Å²) in [7, 11) is -4.30. The van der Waals surface area contributed by atoms with Gasteiger partial charge in [0.05, 0.1) is 35.2 Å². The van der Waals surface area contributed by atoms with Crippen LogP contribution in [0.15, 0.2) is 151 Å². The van der Waals surface area contributed by atoms with Crippen molar-refractivity contribution in [2.75, 3.05) is 11.5 Å². The highest BCUT2D eigenvalue weighted by Gasteiger charge is 2.58. The van der Waals surface area contributed by atoms with Crippen molar-refractivity contribution in [1.82, 2.24) is 0 Å². The van der Waals surface area contributed by atoms with Crippen LogP contribution in [0.5, 0.6) is 5.75 Å². The monoisotopic (exact) mass is 832 g/mol. The van der Waals surface area contributed by atoms with Gasteiger partial charge in [-0.3, -0.25) is 19.7 Å². The summed E-state index contributed by atoms with van der Waals surface area (Å²) in [5.74, 6) is -2.86. The molecule has 8 rings (SSSR count). The van der Waals surface area contributed by atoms with Crippen LogP contribution in [0.1, 0.15) is 51.2 Å². The molecule has 0 unspecified atom stereocenters. The average molecular weight is 833 g/mol. The van der Waals surface area contributed by atoms with Gasteiger partial charge >= 0.3 is 7.12 Å². The Morgan fingerprint density at radius 1 is 0.869 bits per heavy atom. The third-order valence-electron chi connectivity index (χ3n) is 12.6. The molecule has 0 saturated carbocycles. The van der Waals surface area contributed by atoms with E-state index < -0.39 is 56.0 Å². The number of nitro benzene ring substituents is 1. The fraction of sp³-hybridized carbons (Fsp3) is 0.265. The third kappa shape index (κ3) is 8.04. The van der Waals surface area contributed by atoms with E-state index >= 15 is 0 Å². The fourth-order valence-electron chi connectivity index (χ4n) is 9.89. The summed E-state index contributed by atoms with van der Waals surface area (Å²) in [6.45, 7) is 6.78. The number of non-ortho nitro benzene ring substituents is 1. The van der Waals surface area contributed by atoms with Gasteiger partial charge in [0, 0.05) is 17.7 Å². The zero-order chi connectivity index (χ0) is 42.9. The van der Waals surface area contributed by atoms with Crippen molar-refractivity contribution in [3.05, 3.63) is 172 Å². The smallest absolute Gasteiger partial charge is 0.455 e. The lowest BCUT2D eigenvalue weighted by atomic mass is 9.58. The minimum absolute atomic E-state index is 0.0940. The molecule has 2 amide bonds.